The molecular weight excluding hydrogens is 585 g/mol. The Kier molecular flexibility index (Phi) is 7.96. The molecule has 8 rings (SSSR count). The molecule has 230 valence electrons. The van der Waals surface area contributed by atoms with Gasteiger partial charge in [0.1, 0.15) is 6.04 Å². The molecule has 1 heterocycles. The van der Waals surface area contributed by atoms with Crippen LogP contribution < -0.4 is 15.1 Å². The van der Waals surface area contributed by atoms with E-state index in [4.69, 9.17) is 4.99 Å². The highest BCUT2D eigenvalue weighted by Crippen LogP contribution is 2.46. The second kappa shape index (κ2) is 13.1. The van der Waals surface area contributed by atoms with E-state index in [2.05, 4.69) is 197 Å². The normalized spacial score (nSPS) is 13.7. The van der Waals surface area contributed by atoms with Gasteiger partial charge in [-0.05, 0) is 96.1 Å². The molecule has 1 N–H and O–H groups in total. The molecule has 1 aliphatic heterocycles. The highest BCUT2D eigenvalue weighted by atomic mass is 15.2. The first-order chi connectivity index (χ1) is 23.8. The zero-order chi connectivity index (χ0) is 32.1. The number of benzene rings is 7. The zero-order valence-electron chi connectivity index (χ0n) is 26.4. The standard InChI is InChI=1S/C44H34N4/c1-5-15-33(16-6-1)43-44(48(39-21-11-4-12-22-39)42-24-14-13-23-41(42)46-43)34-25-27-35(28-26-34)45-36-29-31-40(32-30-36)47(37-17-7-2-8-18-37)38-19-9-3-10-20-38/h1-32,44-45H. The Morgan fingerprint density at radius 1 is 0.458 bits per heavy atom. The number of rotatable bonds is 8. The van der Waals surface area contributed by atoms with Gasteiger partial charge >= 0.3 is 0 Å². The quantitative estimate of drug-likeness (QED) is 0.184. The topological polar surface area (TPSA) is 30.9 Å². The van der Waals surface area contributed by atoms with Crippen molar-refractivity contribution in [2.75, 3.05) is 15.1 Å². The summed E-state index contributed by atoms with van der Waals surface area (Å²) in [5.41, 5.74) is 11.9. The molecule has 0 saturated heterocycles. The van der Waals surface area contributed by atoms with E-state index < -0.39 is 0 Å². The van der Waals surface area contributed by atoms with E-state index in [1.807, 2.05) is 12.1 Å². The smallest absolute Gasteiger partial charge is 0.102 e. The van der Waals surface area contributed by atoms with Crippen LogP contribution in [-0.2, 0) is 0 Å². The van der Waals surface area contributed by atoms with Gasteiger partial charge in [0.15, 0.2) is 0 Å². The van der Waals surface area contributed by atoms with Crippen molar-refractivity contribution < 1.29 is 0 Å². The molecule has 1 aliphatic rings. The molecule has 0 saturated carbocycles. The lowest BCUT2D eigenvalue weighted by molar-refractivity contribution is 0.878. The van der Waals surface area contributed by atoms with Crippen LogP contribution in [0.2, 0.25) is 0 Å². The largest absolute Gasteiger partial charge is 0.356 e. The molecule has 48 heavy (non-hydrogen) atoms. The third-order valence-electron chi connectivity index (χ3n) is 8.67. The number of aliphatic imine (C=N–C) groups is 1. The third kappa shape index (κ3) is 5.83. The maximum atomic E-state index is 5.26. The monoisotopic (exact) mass is 618 g/mol. The van der Waals surface area contributed by atoms with Crippen LogP contribution in [0, 0.1) is 0 Å². The number of hydrogen-bond acceptors (Lipinski definition) is 4. The van der Waals surface area contributed by atoms with E-state index in [1.54, 1.807) is 0 Å². The van der Waals surface area contributed by atoms with E-state index in [9.17, 15) is 0 Å². The van der Waals surface area contributed by atoms with Gasteiger partial charge in [-0.15, -0.1) is 0 Å². The van der Waals surface area contributed by atoms with Crippen LogP contribution in [0.25, 0.3) is 0 Å². The lowest BCUT2D eigenvalue weighted by Crippen LogP contribution is -2.33. The van der Waals surface area contributed by atoms with Gasteiger partial charge in [0, 0.05) is 34.1 Å². The van der Waals surface area contributed by atoms with Gasteiger partial charge in [0.2, 0.25) is 0 Å². The van der Waals surface area contributed by atoms with E-state index in [-0.39, 0.29) is 6.04 Å². The summed E-state index contributed by atoms with van der Waals surface area (Å²) in [5.74, 6) is 0. The minimum Gasteiger partial charge on any atom is -0.356 e. The maximum Gasteiger partial charge on any atom is 0.102 e. The van der Waals surface area contributed by atoms with Crippen LogP contribution in [0.5, 0.6) is 0 Å². The van der Waals surface area contributed by atoms with Gasteiger partial charge in [-0.1, -0.05) is 109 Å². The average Bonchev–Trinajstić information content (AvgIpc) is 3.17. The Labute approximate surface area is 281 Å². The van der Waals surface area contributed by atoms with Crippen molar-refractivity contribution in [3.05, 3.63) is 205 Å². The SMILES string of the molecule is c1ccc(C2=Nc3ccccc3N(c3ccccc3)C2c2ccc(Nc3ccc(N(c4ccccc4)c4ccccc4)cc3)cc2)cc1. The number of nitrogens with one attached hydrogen (secondary N) is 1. The fourth-order valence-corrected chi connectivity index (χ4v) is 6.44. The van der Waals surface area contributed by atoms with E-state index in [1.165, 1.54) is 5.56 Å². The Morgan fingerprint density at radius 3 is 1.54 bits per heavy atom. The van der Waals surface area contributed by atoms with Crippen LogP contribution in [0.4, 0.5) is 45.5 Å². The van der Waals surface area contributed by atoms with Crippen LogP contribution in [-0.4, -0.2) is 5.71 Å². The number of hydrogen-bond donors (Lipinski definition) is 1. The third-order valence-corrected chi connectivity index (χ3v) is 8.67. The first kappa shape index (κ1) is 29.0. The molecule has 0 bridgehead atoms. The van der Waals surface area contributed by atoms with E-state index >= 15 is 0 Å². The average molecular weight is 619 g/mol. The summed E-state index contributed by atoms with van der Waals surface area (Å²) in [4.78, 5) is 9.94. The van der Waals surface area contributed by atoms with Crippen LogP contribution in [0.1, 0.15) is 17.2 Å². The lowest BCUT2D eigenvalue weighted by Gasteiger charge is -2.39. The van der Waals surface area contributed by atoms with Crippen molar-refractivity contribution in [2.24, 2.45) is 4.99 Å². The Hall–Kier alpha value is -6.39. The molecule has 0 radical (unpaired) electrons. The Bertz CT molecular complexity index is 2090. The second-order valence-corrected chi connectivity index (χ2v) is 11.8. The number of fused-ring (bicyclic) bond motifs is 1. The van der Waals surface area contributed by atoms with Gasteiger partial charge in [-0.2, -0.15) is 0 Å². The first-order valence-electron chi connectivity index (χ1n) is 16.3. The maximum absolute atomic E-state index is 5.26. The molecule has 7 aromatic carbocycles. The van der Waals surface area contributed by atoms with Crippen LogP contribution in [0.3, 0.4) is 0 Å². The molecule has 4 nitrogen and oxygen atoms in total. The van der Waals surface area contributed by atoms with E-state index in [0.29, 0.717) is 0 Å². The lowest BCUT2D eigenvalue weighted by atomic mass is 9.91. The first-order valence-corrected chi connectivity index (χ1v) is 16.3. The van der Waals surface area contributed by atoms with Crippen molar-refractivity contribution in [2.45, 2.75) is 6.04 Å². The number of para-hydroxylation sites is 5. The van der Waals surface area contributed by atoms with Crippen molar-refractivity contribution in [1.29, 1.82) is 0 Å². The molecule has 0 spiro atoms. The highest BCUT2D eigenvalue weighted by Gasteiger charge is 2.33. The van der Waals surface area contributed by atoms with Crippen molar-refractivity contribution in [3.63, 3.8) is 0 Å². The highest BCUT2D eigenvalue weighted by molar-refractivity contribution is 6.11. The summed E-state index contributed by atoms with van der Waals surface area (Å²) in [5, 5.41) is 3.62. The minimum atomic E-state index is -0.111. The van der Waals surface area contributed by atoms with Gasteiger partial charge in [0.05, 0.1) is 17.1 Å². The molecule has 7 aromatic rings. The summed E-state index contributed by atoms with van der Waals surface area (Å²) in [6, 6.07) is 67.7. The fraction of sp³-hybridized carbons (Fsp3) is 0.0227. The fourth-order valence-electron chi connectivity index (χ4n) is 6.44. The summed E-state index contributed by atoms with van der Waals surface area (Å²) in [7, 11) is 0. The Morgan fingerprint density at radius 2 is 0.938 bits per heavy atom. The molecular formula is C44H34N4. The van der Waals surface area contributed by atoms with E-state index in [0.717, 1.165) is 56.8 Å². The predicted octanol–water partition coefficient (Wildman–Crippen LogP) is 11.9. The zero-order valence-corrected chi connectivity index (χ0v) is 26.4. The van der Waals surface area contributed by atoms with Crippen LogP contribution >= 0.6 is 0 Å². The van der Waals surface area contributed by atoms with Crippen molar-refractivity contribution in [1.82, 2.24) is 0 Å². The number of anilines is 7. The van der Waals surface area contributed by atoms with Crippen LogP contribution in [0.15, 0.2) is 199 Å². The minimum absolute atomic E-state index is 0.111. The number of nitrogens with zero attached hydrogens (tertiary/aromatic N) is 3. The van der Waals surface area contributed by atoms with Gasteiger partial charge < -0.3 is 15.1 Å². The van der Waals surface area contributed by atoms with Gasteiger partial charge in [-0.25, -0.2) is 4.99 Å². The summed E-state index contributed by atoms with van der Waals surface area (Å²) < 4.78 is 0. The van der Waals surface area contributed by atoms with Gasteiger partial charge in [-0.3, -0.25) is 0 Å². The molecule has 0 aromatic heterocycles. The summed E-state index contributed by atoms with van der Waals surface area (Å²) in [6.07, 6.45) is 0. The predicted molar refractivity (Wildman–Crippen MR) is 201 cm³/mol. The van der Waals surface area contributed by atoms with Crippen molar-refractivity contribution in [3.8, 4) is 0 Å². The molecule has 1 atom stereocenters. The molecule has 0 fully saturated rings. The molecule has 0 aliphatic carbocycles. The summed E-state index contributed by atoms with van der Waals surface area (Å²) in [6.45, 7) is 0. The summed E-state index contributed by atoms with van der Waals surface area (Å²) >= 11 is 0. The van der Waals surface area contributed by atoms with Gasteiger partial charge in [0.25, 0.3) is 0 Å². The van der Waals surface area contributed by atoms with Crippen molar-refractivity contribution >= 4 is 51.2 Å². The Balaban J connectivity index is 1.11. The molecule has 0 amide bonds. The molecule has 1 unspecified atom stereocenters. The molecule has 4 heteroatoms. The second-order valence-electron chi connectivity index (χ2n) is 11.8.